The fourth-order valence-corrected chi connectivity index (χ4v) is 3.55. The monoisotopic (exact) mass is 356 g/mol. The van der Waals surface area contributed by atoms with Crippen LogP contribution in [-0.2, 0) is 19.8 Å². The first kappa shape index (κ1) is 18.4. The third-order valence-corrected chi connectivity index (χ3v) is 5.26. The molecule has 4 heteroatoms. The van der Waals surface area contributed by atoms with Crippen LogP contribution in [0.15, 0.2) is 42.5 Å². The summed E-state index contributed by atoms with van der Waals surface area (Å²) in [5, 5.41) is 0. The van der Waals surface area contributed by atoms with Crippen molar-refractivity contribution in [2.45, 2.75) is 51.5 Å². The average Bonchev–Trinajstić information content (AvgIpc) is 2.83. The van der Waals surface area contributed by atoms with Gasteiger partial charge in [0.1, 0.15) is 8.07 Å². The van der Waals surface area contributed by atoms with Crippen LogP contribution in [0.25, 0.3) is 0 Å². The van der Waals surface area contributed by atoms with Crippen molar-refractivity contribution in [3.8, 4) is 11.5 Å². The van der Waals surface area contributed by atoms with Gasteiger partial charge in [0, 0.05) is 17.4 Å². The lowest BCUT2D eigenvalue weighted by Gasteiger charge is -2.41. The van der Waals surface area contributed by atoms with Gasteiger partial charge in [0.15, 0.2) is 5.60 Å². The van der Waals surface area contributed by atoms with E-state index in [1.165, 1.54) is 0 Å². The van der Waals surface area contributed by atoms with Gasteiger partial charge in [0.05, 0.1) is 13.2 Å². The zero-order valence-electron chi connectivity index (χ0n) is 15.9. The van der Waals surface area contributed by atoms with Gasteiger partial charge in [-0.15, -0.1) is 5.54 Å². The molecule has 0 bridgehead atoms. The summed E-state index contributed by atoms with van der Waals surface area (Å²) in [5.41, 5.74) is 4.51. The summed E-state index contributed by atoms with van der Waals surface area (Å²) < 4.78 is 18.6. The molecule has 1 spiro atoms. The molecule has 2 saturated heterocycles. The van der Waals surface area contributed by atoms with Gasteiger partial charge in [-0.05, 0) is 5.56 Å². The van der Waals surface area contributed by atoms with Crippen molar-refractivity contribution in [2.24, 2.45) is 5.41 Å². The summed E-state index contributed by atoms with van der Waals surface area (Å²) in [4.78, 5) is 0. The van der Waals surface area contributed by atoms with Gasteiger partial charge in [-0.25, -0.2) is 0 Å². The SMILES string of the molecule is C=C1CC(C#C[Si](C)(C)C)(c2ccccc2)OC12OCC(C)(C)CO2. The van der Waals surface area contributed by atoms with Crippen molar-refractivity contribution in [1.29, 1.82) is 0 Å². The largest absolute Gasteiger partial charge is 0.323 e. The maximum atomic E-state index is 6.47. The highest BCUT2D eigenvalue weighted by Gasteiger charge is 2.57. The first-order chi connectivity index (χ1) is 11.6. The van der Waals surface area contributed by atoms with Crippen LogP contribution < -0.4 is 0 Å². The fraction of sp³-hybridized carbons (Fsp3) is 0.524. The van der Waals surface area contributed by atoms with Crippen LogP contribution in [0.2, 0.25) is 19.6 Å². The molecule has 2 aliphatic rings. The fourth-order valence-electron chi connectivity index (χ4n) is 2.97. The Hall–Kier alpha value is -1.38. The summed E-state index contributed by atoms with van der Waals surface area (Å²) in [6.07, 6.45) is 0.578. The van der Waals surface area contributed by atoms with Crippen LogP contribution in [-0.4, -0.2) is 27.3 Å². The highest BCUT2D eigenvalue weighted by molar-refractivity contribution is 6.83. The quantitative estimate of drug-likeness (QED) is 0.422. The Morgan fingerprint density at radius 2 is 1.64 bits per heavy atom. The predicted octanol–water partition coefficient (Wildman–Crippen LogP) is 4.47. The van der Waals surface area contributed by atoms with E-state index >= 15 is 0 Å². The molecule has 0 aliphatic carbocycles. The maximum Gasteiger partial charge on any atom is 0.309 e. The van der Waals surface area contributed by atoms with Crippen molar-refractivity contribution in [1.82, 2.24) is 0 Å². The lowest BCUT2D eigenvalue weighted by molar-refractivity contribution is -0.399. The zero-order chi connectivity index (χ0) is 18.3. The Morgan fingerprint density at radius 1 is 1.04 bits per heavy atom. The second-order valence-electron chi connectivity index (χ2n) is 8.87. The van der Waals surface area contributed by atoms with E-state index in [0.717, 1.165) is 11.1 Å². The molecular formula is C21H28O3Si. The molecule has 1 atom stereocenters. The van der Waals surface area contributed by atoms with Gasteiger partial charge in [-0.3, -0.25) is 4.74 Å². The summed E-state index contributed by atoms with van der Waals surface area (Å²) in [6, 6.07) is 10.1. The van der Waals surface area contributed by atoms with Gasteiger partial charge < -0.3 is 9.47 Å². The lowest BCUT2D eigenvalue weighted by atomic mass is 9.90. The Kier molecular flexibility index (Phi) is 4.49. The Labute approximate surface area is 152 Å². The van der Waals surface area contributed by atoms with Crippen LogP contribution >= 0.6 is 0 Å². The molecule has 0 aromatic heterocycles. The summed E-state index contributed by atoms with van der Waals surface area (Å²) in [7, 11) is -1.56. The Balaban J connectivity index is 2.00. The Morgan fingerprint density at radius 3 is 2.20 bits per heavy atom. The van der Waals surface area contributed by atoms with E-state index in [4.69, 9.17) is 14.2 Å². The zero-order valence-corrected chi connectivity index (χ0v) is 16.9. The molecule has 2 heterocycles. The highest BCUT2D eigenvalue weighted by Crippen LogP contribution is 2.50. The third-order valence-electron chi connectivity index (χ3n) is 4.39. The van der Waals surface area contributed by atoms with E-state index in [2.05, 4.69) is 63.7 Å². The van der Waals surface area contributed by atoms with Crippen LogP contribution in [0.1, 0.15) is 25.8 Å². The smallest absolute Gasteiger partial charge is 0.309 e. The van der Waals surface area contributed by atoms with Crippen LogP contribution in [0, 0.1) is 16.9 Å². The molecule has 2 aliphatic heterocycles. The van der Waals surface area contributed by atoms with Gasteiger partial charge in [0.2, 0.25) is 0 Å². The summed E-state index contributed by atoms with van der Waals surface area (Å²) in [5.74, 6) is 2.26. The number of rotatable bonds is 1. The summed E-state index contributed by atoms with van der Waals surface area (Å²) >= 11 is 0. The molecule has 3 nitrogen and oxygen atoms in total. The Bertz CT molecular complexity index is 711. The van der Waals surface area contributed by atoms with Crippen molar-refractivity contribution in [3.05, 3.63) is 48.0 Å². The molecule has 0 N–H and O–H groups in total. The number of hydrogen-bond donors (Lipinski definition) is 0. The molecule has 0 amide bonds. The molecule has 1 aromatic rings. The topological polar surface area (TPSA) is 27.7 Å². The molecule has 0 radical (unpaired) electrons. The summed E-state index contributed by atoms with van der Waals surface area (Å²) in [6.45, 7) is 16.3. The molecule has 1 aromatic carbocycles. The second kappa shape index (κ2) is 6.10. The number of ether oxygens (including phenoxy) is 3. The normalized spacial score (nSPS) is 27.8. The van der Waals surface area contributed by atoms with Crippen molar-refractivity contribution >= 4 is 8.07 Å². The van der Waals surface area contributed by atoms with E-state index in [1.54, 1.807) is 0 Å². The lowest BCUT2D eigenvalue weighted by Crippen LogP contribution is -2.49. The molecular weight excluding hydrogens is 328 g/mol. The third kappa shape index (κ3) is 3.75. The average molecular weight is 357 g/mol. The standard InChI is InChI=1S/C21H28O3Si/c1-17-14-20(12-13-25(4,5)6,18-10-8-7-9-11-18)24-21(17)22-15-19(2,3)16-23-21/h7-11H,1,14-16H2,2-6H3. The molecule has 134 valence electrons. The van der Waals surface area contributed by atoms with Crippen molar-refractivity contribution in [3.63, 3.8) is 0 Å². The minimum Gasteiger partial charge on any atom is -0.323 e. The number of hydrogen-bond acceptors (Lipinski definition) is 3. The van der Waals surface area contributed by atoms with E-state index in [9.17, 15) is 0 Å². The van der Waals surface area contributed by atoms with Crippen molar-refractivity contribution < 1.29 is 14.2 Å². The molecule has 25 heavy (non-hydrogen) atoms. The predicted molar refractivity (Wildman–Crippen MR) is 103 cm³/mol. The minimum atomic E-state index is -1.56. The highest BCUT2D eigenvalue weighted by atomic mass is 28.3. The van der Waals surface area contributed by atoms with E-state index < -0.39 is 19.6 Å². The van der Waals surface area contributed by atoms with Crippen LogP contribution in [0.3, 0.4) is 0 Å². The number of benzene rings is 1. The van der Waals surface area contributed by atoms with E-state index in [1.807, 2.05) is 18.2 Å². The molecule has 0 saturated carbocycles. The molecule has 1 unspecified atom stereocenters. The first-order valence-corrected chi connectivity index (χ1v) is 12.3. The van der Waals surface area contributed by atoms with Crippen molar-refractivity contribution in [2.75, 3.05) is 13.2 Å². The molecule has 2 fully saturated rings. The second-order valence-corrected chi connectivity index (χ2v) is 13.6. The maximum absolute atomic E-state index is 6.47. The van der Waals surface area contributed by atoms with Crippen LogP contribution in [0.4, 0.5) is 0 Å². The van der Waals surface area contributed by atoms with E-state index in [0.29, 0.717) is 19.6 Å². The minimum absolute atomic E-state index is 0.0309. The first-order valence-electron chi connectivity index (χ1n) is 8.82. The van der Waals surface area contributed by atoms with Gasteiger partial charge in [-0.1, -0.05) is 76.3 Å². The molecule has 3 rings (SSSR count). The van der Waals surface area contributed by atoms with Gasteiger partial charge in [-0.2, -0.15) is 0 Å². The van der Waals surface area contributed by atoms with E-state index in [-0.39, 0.29) is 5.41 Å². The van der Waals surface area contributed by atoms with Crippen LogP contribution in [0.5, 0.6) is 0 Å². The van der Waals surface area contributed by atoms with Gasteiger partial charge >= 0.3 is 5.97 Å². The van der Waals surface area contributed by atoms with Gasteiger partial charge in [0.25, 0.3) is 0 Å².